The van der Waals surface area contributed by atoms with Crippen LogP contribution in [0.5, 0.6) is 0 Å². The predicted octanol–water partition coefficient (Wildman–Crippen LogP) is 4.01. The zero-order valence-electron chi connectivity index (χ0n) is 8.42. The van der Waals surface area contributed by atoms with E-state index in [0.717, 1.165) is 31.2 Å². The lowest BCUT2D eigenvalue weighted by Gasteiger charge is -2.27. The monoisotopic (exact) mass is 244 g/mol. The standard InChI is InChI=1S/C12H14Cl2O/c13-11-6-2-5-10(12(11)14)8-3-1-4-9(15)7-8/h2,5-6,8-9,15H,1,3-4,7H2. The molecule has 2 atom stereocenters. The number of aliphatic hydroxyl groups is 1. The van der Waals surface area contributed by atoms with E-state index < -0.39 is 0 Å². The van der Waals surface area contributed by atoms with Crippen LogP contribution in [0.3, 0.4) is 0 Å². The summed E-state index contributed by atoms with van der Waals surface area (Å²) in [7, 11) is 0. The summed E-state index contributed by atoms with van der Waals surface area (Å²) < 4.78 is 0. The number of halogens is 2. The van der Waals surface area contributed by atoms with Gasteiger partial charge in [0.1, 0.15) is 0 Å². The van der Waals surface area contributed by atoms with Gasteiger partial charge >= 0.3 is 0 Å². The number of hydrogen-bond donors (Lipinski definition) is 1. The topological polar surface area (TPSA) is 20.2 Å². The molecule has 1 aromatic rings. The summed E-state index contributed by atoms with van der Waals surface area (Å²) in [6, 6.07) is 5.73. The van der Waals surface area contributed by atoms with Gasteiger partial charge in [-0.25, -0.2) is 0 Å². The van der Waals surface area contributed by atoms with Gasteiger partial charge in [0.2, 0.25) is 0 Å². The van der Waals surface area contributed by atoms with E-state index in [2.05, 4.69) is 0 Å². The quantitative estimate of drug-likeness (QED) is 0.792. The highest BCUT2D eigenvalue weighted by Crippen LogP contribution is 2.38. The molecule has 1 saturated carbocycles. The molecule has 0 radical (unpaired) electrons. The van der Waals surface area contributed by atoms with Crippen LogP contribution in [0.25, 0.3) is 0 Å². The van der Waals surface area contributed by atoms with Crippen molar-refractivity contribution in [2.75, 3.05) is 0 Å². The van der Waals surface area contributed by atoms with Crippen LogP contribution in [0.4, 0.5) is 0 Å². The summed E-state index contributed by atoms with van der Waals surface area (Å²) in [5, 5.41) is 10.9. The van der Waals surface area contributed by atoms with E-state index in [1.165, 1.54) is 0 Å². The van der Waals surface area contributed by atoms with Gasteiger partial charge < -0.3 is 5.11 Å². The number of benzene rings is 1. The van der Waals surface area contributed by atoms with E-state index in [9.17, 15) is 5.11 Å². The summed E-state index contributed by atoms with van der Waals surface area (Å²) in [5.74, 6) is 0.361. The first-order valence-electron chi connectivity index (χ1n) is 5.30. The molecule has 1 aliphatic rings. The van der Waals surface area contributed by atoms with Gasteiger partial charge in [-0.1, -0.05) is 41.8 Å². The van der Waals surface area contributed by atoms with Gasteiger partial charge in [-0.15, -0.1) is 0 Å². The first-order chi connectivity index (χ1) is 7.18. The zero-order valence-corrected chi connectivity index (χ0v) is 9.93. The minimum atomic E-state index is -0.182. The Morgan fingerprint density at radius 3 is 2.73 bits per heavy atom. The van der Waals surface area contributed by atoms with E-state index in [-0.39, 0.29) is 6.10 Å². The molecule has 0 bridgehead atoms. The molecule has 1 fully saturated rings. The van der Waals surface area contributed by atoms with Crippen LogP contribution in [-0.4, -0.2) is 11.2 Å². The molecule has 1 nitrogen and oxygen atoms in total. The molecule has 3 heteroatoms. The Balaban J connectivity index is 2.24. The lowest BCUT2D eigenvalue weighted by Crippen LogP contribution is -2.18. The fraction of sp³-hybridized carbons (Fsp3) is 0.500. The van der Waals surface area contributed by atoms with Crippen LogP contribution in [0.2, 0.25) is 10.0 Å². The highest BCUT2D eigenvalue weighted by atomic mass is 35.5. The van der Waals surface area contributed by atoms with Gasteiger partial charge in [-0.2, -0.15) is 0 Å². The van der Waals surface area contributed by atoms with Gasteiger partial charge in [0.05, 0.1) is 16.1 Å². The second-order valence-electron chi connectivity index (χ2n) is 4.16. The fourth-order valence-electron chi connectivity index (χ4n) is 2.28. The molecule has 1 aromatic carbocycles. The largest absolute Gasteiger partial charge is 0.393 e. The van der Waals surface area contributed by atoms with E-state index in [0.29, 0.717) is 16.0 Å². The molecule has 1 aliphatic carbocycles. The minimum Gasteiger partial charge on any atom is -0.393 e. The molecule has 0 aliphatic heterocycles. The summed E-state index contributed by atoms with van der Waals surface area (Å²) in [6.07, 6.45) is 3.69. The third kappa shape index (κ3) is 2.47. The Morgan fingerprint density at radius 1 is 1.20 bits per heavy atom. The average Bonchev–Trinajstić information content (AvgIpc) is 2.22. The van der Waals surface area contributed by atoms with Crippen LogP contribution in [0.15, 0.2) is 18.2 Å². The molecule has 0 aromatic heterocycles. The maximum atomic E-state index is 9.63. The fourth-order valence-corrected chi connectivity index (χ4v) is 2.74. The van der Waals surface area contributed by atoms with Crippen molar-refractivity contribution in [3.8, 4) is 0 Å². The normalized spacial score (nSPS) is 26.6. The highest BCUT2D eigenvalue weighted by molar-refractivity contribution is 6.42. The van der Waals surface area contributed by atoms with Crippen molar-refractivity contribution in [3.63, 3.8) is 0 Å². The van der Waals surface area contributed by atoms with Crippen LogP contribution in [0.1, 0.15) is 37.2 Å². The Labute approximate surface area is 100 Å². The van der Waals surface area contributed by atoms with Gasteiger partial charge in [0.25, 0.3) is 0 Å². The number of rotatable bonds is 1. The molecule has 1 N–H and O–H groups in total. The smallest absolute Gasteiger partial charge is 0.0627 e. The van der Waals surface area contributed by atoms with Crippen LogP contribution in [0, 0.1) is 0 Å². The van der Waals surface area contributed by atoms with Crippen molar-refractivity contribution >= 4 is 23.2 Å². The summed E-state index contributed by atoms with van der Waals surface area (Å²) in [4.78, 5) is 0. The average molecular weight is 245 g/mol. The lowest BCUT2D eigenvalue weighted by atomic mass is 9.82. The van der Waals surface area contributed by atoms with Crippen LogP contribution < -0.4 is 0 Å². The van der Waals surface area contributed by atoms with Gasteiger partial charge in [0, 0.05) is 0 Å². The van der Waals surface area contributed by atoms with E-state index in [1.807, 2.05) is 12.1 Å². The number of hydrogen-bond acceptors (Lipinski definition) is 1. The molecule has 0 heterocycles. The Bertz CT molecular complexity index is 351. The second-order valence-corrected chi connectivity index (χ2v) is 4.95. The molecule has 0 amide bonds. The summed E-state index contributed by atoms with van der Waals surface area (Å²) >= 11 is 12.1. The van der Waals surface area contributed by atoms with E-state index in [1.54, 1.807) is 6.07 Å². The highest BCUT2D eigenvalue weighted by Gasteiger charge is 2.23. The first kappa shape index (κ1) is 11.3. The van der Waals surface area contributed by atoms with Gasteiger partial charge in [-0.05, 0) is 36.8 Å². The summed E-state index contributed by atoms with van der Waals surface area (Å²) in [5.41, 5.74) is 1.09. The van der Waals surface area contributed by atoms with Crippen molar-refractivity contribution < 1.29 is 5.11 Å². The minimum absolute atomic E-state index is 0.182. The molecule has 0 spiro atoms. The molecule has 2 unspecified atom stereocenters. The maximum Gasteiger partial charge on any atom is 0.0627 e. The summed E-state index contributed by atoms with van der Waals surface area (Å²) in [6.45, 7) is 0. The Morgan fingerprint density at radius 2 is 2.00 bits per heavy atom. The molecular formula is C12H14Cl2O. The predicted molar refractivity (Wildman–Crippen MR) is 63.7 cm³/mol. The molecule has 15 heavy (non-hydrogen) atoms. The van der Waals surface area contributed by atoms with Crippen molar-refractivity contribution in [2.24, 2.45) is 0 Å². The van der Waals surface area contributed by atoms with Crippen molar-refractivity contribution in [3.05, 3.63) is 33.8 Å². The zero-order chi connectivity index (χ0) is 10.8. The van der Waals surface area contributed by atoms with E-state index >= 15 is 0 Å². The first-order valence-corrected chi connectivity index (χ1v) is 6.06. The van der Waals surface area contributed by atoms with E-state index in [4.69, 9.17) is 23.2 Å². The maximum absolute atomic E-state index is 9.63. The lowest BCUT2D eigenvalue weighted by molar-refractivity contribution is 0.119. The van der Waals surface area contributed by atoms with Crippen molar-refractivity contribution in [1.29, 1.82) is 0 Å². The molecular weight excluding hydrogens is 231 g/mol. The third-order valence-corrected chi connectivity index (χ3v) is 3.90. The third-order valence-electron chi connectivity index (χ3n) is 3.07. The van der Waals surface area contributed by atoms with Gasteiger partial charge in [-0.3, -0.25) is 0 Å². The molecule has 0 saturated heterocycles. The Kier molecular flexibility index (Phi) is 3.55. The SMILES string of the molecule is OC1CCCC(c2cccc(Cl)c2Cl)C1. The van der Waals surface area contributed by atoms with Crippen LogP contribution >= 0.6 is 23.2 Å². The van der Waals surface area contributed by atoms with Gasteiger partial charge in [0.15, 0.2) is 0 Å². The van der Waals surface area contributed by atoms with Crippen molar-refractivity contribution in [2.45, 2.75) is 37.7 Å². The Hall–Kier alpha value is -0.240. The number of aliphatic hydroxyl groups excluding tert-OH is 1. The molecule has 2 rings (SSSR count). The van der Waals surface area contributed by atoms with Crippen LogP contribution in [-0.2, 0) is 0 Å². The second kappa shape index (κ2) is 4.73. The van der Waals surface area contributed by atoms with Crippen molar-refractivity contribution in [1.82, 2.24) is 0 Å². The molecule has 82 valence electrons.